The maximum Gasteiger partial charge on any atom is 0.122 e. The second-order valence-corrected chi connectivity index (χ2v) is 7.31. The van der Waals surface area contributed by atoms with Crippen LogP contribution in [0.3, 0.4) is 0 Å². The lowest BCUT2D eigenvalue weighted by Crippen LogP contribution is -2.42. The van der Waals surface area contributed by atoms with Crippen molar-refractivity contribution in [3.63, 3.8) is 0 Å². The first kappa shape index (κ1) is 18.9. The lowest BCUT2D eigenvalue weighted by Gasteiger charge is -2.42. The molecule has 0 amide bonds. The zero-order valence-corrected chi connectivity index (χ0v) is 16.4. The van der Waals surface area contributed by atoms with Gasteiger partial charge >= 0.3 is 0 Å². The summed E-state index contributed by atoms with van der Waals surface area (Å²) < 4.78 is 7.23. The van der Waals surface area contributed by atoms with Gasteiger partial charge in [-0.05, 0) is 45.0 Å². The van der Waals surface area contributed by atoms with Crippen LogP contribution in [0, 0.1) is 5.92 Å². The van der Waals surface area contributed by atoms with Gasteiger partial charge in [-0.2, -0.15) is 5.10 Å². The van der Waals surface area contributed by atoms with E-state index in [1.807, 2.05) is 36.3 Å². The summed E-state index contributed by atoms with van der Waals surface area (Å²) in [5.41, 5.74) is 2.39. The number of hydrogen-bond acceptors (Lipinski definition) is 5. The van der Waals surface area contributed by atoms with Crippen LogP contribution in [0.1, 0.15) is 37.1 Å². The topological polar surface area (TPSA) is 46.4 Å². The number of hydrogen-bond donors (Lipinski definition) is 0. The number of nitrogens with zero attached hydrogens (tertiary/aromatic N) is 5. The van der Waals surface area contributed by atoms with E-state index in [1.165, 1.54) is 24.9 Å². The largest absolute Gasteiger partial charge is 0.497 e. The van der Waals surface area contributed by atoms with Crippen molar-refractivity contribution in [2.24, 2.45) is 13.0 Å². The Morgan fingerprint density at radius 3 is 2.92 bits per heavy atom. The zero-order chi connectivity index (χ0) is 18.5. The molecule has 0 bridgehead atoms. The van der Waals surface area contributed by atoms with Crippen LogP contribution in [-0.2, 0) is 13.6 Å². The van der Waals surface area contributed by atoms with Gasteiger partial charge < -0.3 is 9.64 Å². The number of piperidine rings is 1. The van der Waals surface area contributed by atoms with Gasteiger partial charge in [-0.1, -0.05) is 6.92 Å². The van der Waals surface area contributed by atoms with Crippen LogP contribution in [0.25, 0.3) is 0 Å². The summed E-state index contributed by atoms with van der Waals surface area (Å²) in [6.07, 6.45) is 8.55. The van der Waals surface area contributed by atoms with E-state index < -0.39 is 0 Å². The van der Waals surface area contributed by atoms with Crippen molar-refractivity contribution in [2.75, 3.05) is 33.8 Å². The Labute approximate surface area is 156 Å². The average molecular weight is 358 g/mol. The van der Waals surface area contributed by atoms with Crippen molar-refractivity contribution in [3.8, 4) is 5.75 Å². The lowest BCUT2D eigenvalue weighted by atomic mass is 9.85. The number of ether oxygens (including phenoxy) is 1. The highest BCUT2D eigenvalue weighted by Crippen LogP contribution is 2.36. The van der Waals surface area contributed by atoms with Crippen molar-refractivity contribution >= 4 is 0 Å². The van der Waals surface area contributed by atoms with E-state index >= 15 is 0 Å². The van der Waals surface area contributed by atoms with Gasteiger partial charge in [0, 0.05) is 50.2 Å². The number of aromatic nitrogens is 3. The fourth-order valence-electron chi connectivity index (χ4n) is 4.18. The molecule has 1 aliphatic heterocycles. The van der Waals surface area contributed by atoms with Crippen LogP contribution in [0.4, 0.5) is 0 Å². The molecule has 1 saturated heterocycles. The Bertz CT molecular complexity index is 701. The maximum atomic E-state index is 5.32. The molecule has 6 nitrogen and oxygen atoms in total. The molecule has 2 atom stereocenters. The highest BCUT2D eigenvalue weighted by Gasteiger charge is 2.33. The number of likely N-dealkylation sites (tertiary alicyclic amines) is 1. The zero-order valence-electron chi connectivity index (χ0n) is 16.4. The van der Waals surface area contributed by atoms with Gasteiger partial charge in [0.25, 0.3) is 0 Å². The summed E-state index contributed by atoms with van der Waals surface area (Å²) in [6, 6.07) is 4.36. The highest BCUT2D eigenvalue weighted by atomic mass is 16.5. The first-order chi connectivity index (χ1) is 12.6. The fourth-order valence-corrected chi connectivity index (χ4v) is 4.18. The fraction of sp³-hybridized carbons (Fsp3) is 0.600. The Balaban J connectivity index is 1.70. The van der Waals surface area contributed by atoms with E-state index in [0.29, 0.717) is 12.0 Å². The molecule has 2 aromatic rings. The van der Waals surface area contributed by atoms with Crippen molar-refractivity contribution in [2.45, 2.75) is 32.4 Å². The third-order valence-electron chi connectivity index (χ3n) is 5.33. The molecule has 1 aliphatic rings. The van der Waals surface area contributed by atoms with Crippen LogP contribution >= 0.6 is 0 Å². The summed E-state index contributed by atoms with van der Waals surface area (Å²) in [5.74, 6) is 1.47. The number of methoxy groups -OCH3 is 1. The minimum Gasteiger partial charge on any atom is -0.497 e. The quantitative estimate of drug-likeness (QED) is 0.762. The molecule has 2 aromatic heterocycles. The molecule has 0 aromatic carbocycles. The summed E-state index contributed by atoms with van der Waals surface area (Å²) in [4.78, 5) is 9.47. The Morgan fingerprint density at radius 1 is 1.38 bits per heavy atom. The molecule has 0 aliphatic carbocycles. The summed E-state index contributed by atoms with van der Waals surface area (Å²) >= 11 is 0. The molecule has 3 rings (SSSR count). The van der Waals surface area contributed by atoms with Crippen molar-refractivity contribution < 1.29 is 4.74 Å². The highest BCUT2D eigenvalue weighted by molar-refractivity contribution is 5.22. The molecule has 0 radical (unpaired) electrons. The first-order valence-electron chi connectivity index (χ1n) is 9.50. The second-order valence-electron chi connectivity index (χ2n) is 7.31. The van der Waals surface area contributed by atoms with E-state index in [0.717, 1.165) is 31.1 Å². The molecule has 1 fully saturated rings. The van der Waals surface area contributed by atoms with Crippen LogP contribution in [0.15, 0.2) is 30.7 Å². The van der Waals surface area contributed by atoms with E-state index in [9.17, 15) is 0 Å². The Hall–Kier alpha value is -1.92. The Kier molecular flexibility index (Phi) is 6.27. The van der Waals surface area contributed by atoms with Gasteiger partial charge in [-0.3, -0.25) is 14.6 Å². The molecule has 0 spiro atoms. The van der Waals surface area contributed by atoms with Crippen LogP contribution in [0.2, 0.25) is 0 Å². The maximum absolute atomic E-state index is 5.32. The smallest absolute Gasteiger partial charge is 0.122 e. The van der Waals surface area contributed by atoms with Crippen LogP contribution in [-0.4, -0.2) is 58.4 Å². The van der Waals surface area contributed by atoms with Gasteiger partial charge in [0.2, 0.25) is 0 Å². The average Bonchev–Trinajstić information content (AvgIpc) is 3.07. The van der Waals surface area contributed by atoms with E-state index in [4.69, 9.17) is 4.74 Å². The lowest BCUT2D eigenvalue weighted by molar-refractivity contribution is 0.0746. The molecule has 0 N–H and O–H groups in total. The Morgan fingerprint density at radius 2 is 2.23 bits per heavy atom. The first-order valence-corrected chi connectivity index (χ1v) is 9.50. The van der Waals surface area contributed by atoms with Gasteiger partial charge in [-0.25, -0.2) is 0 Å². The van der Waals surface area contributed by atoms with Gasteiger partial charge in [0.15, 0.2) is 0 Å². The second kappa shape index (κ2) is 8.64. The van der Waals surface area contributed by atoms with Gasteiger partial charge in [-0.15, -0.1) is 0 Å². The van der Waals surface area contributed by atoms with Gasteiger partial charge in [0.1, 0.15) is 5.75 Å². The predicted molar refractivity (Wildman–Crippen MR) is 103 cm³/mol. The van der Waals surface area contributed by atoms with E-state index in [-0.39, 0.29) is 0 Å². The molecule has 26 heavy (non-hydrogen) atoms. The van der Waals surface area contributed by atoms with Crippen molar-refractivity contribution in [1.29, 1.82) is 0 Å². The van der Waals surface area contributed by atoms with Crippen LogP contribution < -0.4 is 4.74 Å². The van der Waals surface area contributed by atoms with Crippen LogP contribution in [0.5, 0.6) is 5.75 Å². The predicted octanol–water partition coefficient (Wildman–Crippen LogP) is 2.73. The molecule has 142 valence electrons. The van der Waals surface area contributed by atoms with E-state index in [1.54, 1.807) is 7.11 Å². The molecule has 3 heterocycles. The van der Waals surface area contributed by atoms with E-state index in [2.05, 4.69) is 40.1 Å². The summed E-state index contributed by atoms with van der Waals surface area (Å²) in [5, 5.41) is 4.41. The van der Waals surface area contributed by atoms with Gasteiger partial charge in [0.05, 0.1) is 19.0 Å². The number of rotatable bonds is 7. The number of pyridine rings is 1. The monoisotopic (exact) mass is 357 g/mol. The number of aryl methyl sites for hydroxylation is 1. The van der Waals surface area contributed by atoms with Crippen molar-refractivity contribution in [3.05, 3.63) is 42.0 Å². The third-order valence-corrected chi connectivity index (χ3v) is 5.33. The molecule has 0 unspecified atom stereocenters. The minimum absolute atomic E-state index is 0.447. The summed E-state index contributed by atoms with van der Waals surface area (Å²) in [6.45, 7) is 6.40. The molecule has 6 heteroatoms. The third kappa shape index (κ3) is 4.43. The van der Waals surface area contributed by atoms with Crippen molar-refractivity contribution in [1.82, 2.24) is 24.6 Å². The normalized spacial score (nSPS) is 21.3. The summed E-state index contributed by atoms with van der Waals surface area (Å²) in [7, 11) is 5.88. The standard InChI is InChI=1S/C20H31N5O/c1-5-25-10-6-7-16(20(25)17-12-22-24(3)14-17)13-23(2)15-18-11-19(26-4)8-9-21-18/h8-9,11-12,14,16,20H,5-7,10,13,15H2,1-4H3/t16-,20+/m0/s1. The molecular weight excluding hydrogens is 326 g/mol. The molecular formula is C20H31N5O. The SMILES string of the molecule is CCN1CCC[C@@H](CN(C)Cc2cc(OC)ccn2)[C@@H]1c1cnn(C)c1. The minimum atomic E-state index is 0.447. The molecule has 0 saturated carbocycles.